The van der Waals surface area contributed by atoms with Crippen LogP contribution < -0.4 is 0 Å². The van der Waals surface area contributed by atoms with Gasteiger partial charge in [0.25, 0.3) is 0 Å². The Labute approximate surface area is 108 Å². The van der Waals surface area contributed by atoms with Gasteiger partial charge in [0.2, 0.25) is 5.16 Å². The standard InChI is InChI=1S/C12H11N5S/c1-8-7-9-5-3-4-6-10(9)11(13-8)18-12-14-15-16-17(12)2/h3-7H,1-2H3. The molecule has 90 valence electrons. The summed E-state index contributed by atoms with van der Waals surface area (Å²) in [5.74, 6) is 0. The molecular formula is C12H11N5S. The molecule has 1 aromatic carbocycles. The second-order valence-electron chi connectivity index (χ2n) is 3.98. The zero-order valence-corrected chi connectivity index (χ0v) is 10.8. The number of tetrazole rings is 1. The molecule has 5 nitrogen and oxygen atoms in total. The van der Waals surface area contributed by atoms with E-state index in [1.165, 1.54) is 17.1 Å². The Hall–Kier alpha value is -1.95. The van der Waals surface area contributed by atoms with Crippen LogP contribution in [0.1, 0.15) is 5.69 Å². The van der Waals surface area contributed by atoms with Crippen LogP contribution in [0.25, 0.3) is 10.8 Å². The van der Waals surface area contributed by atoms with Gasteiger partial charge >= 0.3 is 0 Å². The lowest BCUT2D eigenvalue weighted by atomic mass is 10.1. The number of hydrogen-bond donors (Lipinski definition) is 0. The highest BCUT2D eigenvalue weighted by molar-refractivity contribution is 7.99. The average molecular weight is 257 g/mol. The van der Waals surface area contributed by atoms with Gasteiger partial charge in [-0.25, -0.2) is 9.67 Å². The smallest absolute Gasteiger partial charge is 0.215 e. The fraction of sp³-hybridized carbons (Fsp3) is 0.167. The van der Waals surface area contributed by atoms with Crippen LogP contribution in [0.4, 0.5) is 0 Å². The number of nitrogens with zero attached hydrogens (tertiary/aromatic N) is 5. The molecule has 0 spiro atoms. The van der Waals surface area contributed by atoms with Gasteiger partial charge in [-0.2, -0.15) is 0 Å². The second-order valence-corrected chi connectivity index (χ2v) is 4.93. The first kappa shape index (κ1) is 11.2. The van der Waals surface area contributed by atoms with Crippen molar-refractivity contribution in [1.82, 2.24) is 25.2 Å². The lowest BCUT2D eigenvalue weighted by Gasteiger charge is -2.05. The Balaban J connectivity index is 2.14. The fourth-order valence-electron chi connectivity index (χ4n) is 1.77. The summed E-state index contributed by atoms with van der Waals surface area (Å²) in [5, 5.41) is 15.4. The van der Waals surface area contributed by atoms with Crippen molar-refractivity contribution >= 4 is 22.5 Å². The van der Waals surface area contributed by atoms with Crippen molar-refractivity contribution in [2.75, 3.05) is 0 Å². The molecule has 0 aliphatic carbocycles. The van der Waals surface area contributed by atoms with Crippen molar-refractivity contribution < 1.29 is 0 Å². The van der Waals surface area contributed by atoms with Gasteiger partial charge in [0.15, 0.2) is 0 Å². The maximum atomic E-state index is 4.57. The van der Waals surface area contributed by atoms with E-state index in [-0.39, 0.29) is 0 Å². The van der Waals surface area contributed by atoms with Crippen molar-refractivity contribution in [2.45, 2.75) is 17.1 Å². The van der Waals surface area contributed by atoms with E-state index in [9.17, 15) is 0 Å². The van der Waals surface area contributed by atoms with Crippen LogP contribution in [0.2, 0.25) is 0 Å². The first-order valence-electron chi connectivity index (χ1n) is 5.50. The van der Waals surface area contributed by atoms with E-state index < -0.39 is 0 Å². The molecule has 6 heteroatoms. The molecule has 0 radical (unpaired) electrons. The van der Waals surface area contributed by atoms with Gasteiger partial charge in [-0.3, -0.25) is 0 Å². The first-order chi connectivity index (χ1) is 8.74. The van der Waals surface area contributed by atoms with Crippen LogP contribution in [0.15, 0.2) is 40.5 Å². The fourth-order valence-corrected chi connectivity index (χ4v) is 2.67. The summed E-state index contributed by atoms with van der Waals surface area (Å²) in [4.78, 5) is 4.57. The zero-order chi connectivity index (χ0) is 12.5. The summed E-state index contributed by atoms with van der Waals surface area (Å²) in [6, 6.07) is 10.3. The number of fused-ring (bicyclic) bond motifs is 1. The van der Waals surface area contributed by atoms with Gasteiger partial charge < -0.3 is 0 Å². The van der Waals surface area contributed by atoms with Crippen molar-refractivity contribution in [1.29, 1.82) is 0 Å². The highest BCUT2D eigenvalue weighted by atomic mass is 32.2. The third kappa shape index (κ3) is 1.95. The third-order valence-electron chi connectivity index (χ3n) is 2.60. The molecule has 0 atom stereocenters. The van der Waals surface area contributed by atoms with Gasteiger partial charge in [-0.1, -0.05) is 24.3 Å². The Morgan fingerprint density at radius 1 is 1.22 bits per heavy atom. The topological polar surface area (TPSA) is 56.5 Å². The van der Waals surface area contributed by atoms with E-state index in [0.29, 0.717) is 0 Å². The Kier molecular flexibility index (Phi) is 2.71. The maximum Gasteiger partial charge on any atom is 0.215 e. The molecule has 0 saturated heterocycles. The van der Waals surface area contributed by atoms with E-state index >= 15 is 0 Å². The summed E-state index contributed by atoms with van der Waals surface area (Å²) in [6.45, 7) is 1.99. The second kappa shape index (κ2) is 4.38. The number of aromatic nitrogens is 5. The predicted octanol–water partition coefficient (Wildman–Crippen LogP) is 2.22. The molecule has 0 saturated carbocycles. The summed E-state index contributed by atoms with van der Waals surface area (Å²) in [6.07, 6.45) is 0. The largest absolute Gasteiger partial charge is 0.246 e. The number of rotatable bonds is 2. The van der Waals surface area contributed by atoms with Crippen molar-refractivity contribution in [3.8, 4) is 0 Å². The lowest BCUT2D eigenvalue weighted by molar-refractivity contribution is 0.664. The zero-order valence-electron chi connectivity index (χ0n) is 10.0. The van der Waals surface area contributed by atoms with Gasteiger partial charge in [0.05, 0.1) is 0 Å². The number of pyridine rings is 1. The minimum absolute atomic E-state index is 0.734. The molecule has 0 unspecified atom stereocenters. The predicted molar refractivity (Wildman–Crippen MR) is 69.4 cm³/mol. The van der Waals surface area contributed by atoms with Gasteiger partial charge in [0.1, 0.15) is 5.03 Å². The van der Waals surface area contributed by atoms with E-state index in [2.05, 4.69) is 38.7 Å². The van der Waals surface area contributed by atoms with Crippen LogP contribution in [-0.2, 0) is 7.05 Å². The van der Waals surface area contributed by atoms with Gasteiger partial charge in [-0.15, -0.1) is 5.10 Å². The molecule has 0 bridgehead atoms. The quantitative estimate of drug-likeness (QED) is 0.704. The van der Waals surface area contributed by atoms with Crippen LogP contribution >= 0.6 is 11.8 Å². The van der Waals surface area contributed by atoms with Crippen LogP contribution in [-0.4, -0.2) is 25.2 Å². The molecule has 2 heterocycles. The molecule has 18 heavy (non-hydrogen) atoms. The molecule has 3 rings (SSSR count). The van der Waals surface area contributed by atoms with Crippen LogP contribution in [0.5, 0.6) is 0 Å². The molecule has 0 fully saturated rings. The number of hydrogen-bond acceptors (Lipinski definition) is 5. The monoisotopic (exact) mass is 257 g/mol. The van der Waals surface area contributed by atoms with Crippen molar-refractivity contribution in [3.63, 3.8) is 0 Å². The van der Waals surface area contributed by atoms with Crippen LogP contribution in [0.3, 0.4) is 0 Å². The van der Waals surface area contributed by atoms with Gasteiger partial charge in [0, 0.05) is 18.1 Å². The maximum absolute atomic E-state index is 4.57. The molecule has 0 amide bonds. The molecular weight excluding hydrogens is 246 g/mol. The van der Waals surface area contributed by atoms with Crippen LogP contribution in [0, 0.1) is 6.92 Å². The van der Waals surface area contributed by atoms with Crippen molar-refractivity contribution in [2.24, 2.45) is 7.05 Å². The molecule has 2 aromatic heterocycles. The molecule has 0 N–H and O–H groups in total. The molecule has 0 aliphatic heterocycles. The minimum atomic E-state index is 0.734. The third-order valence-corrected chi connectivity index (χ3v) is 3.64. The summed E-state index contributed by atoms with van der Waals surface area (Å²) >= 11 is 1.48. The Morgan fingerprint density at radius 3 is 2.83 bits per heavy atom. The minimum Gasteiger partial charge on any atom is -0.246 e. The van der Waals surface area contributed by atoms with E-state index in [4.69, 9.17) is 0 Å². The SMILES string of the molecule is Cc1cc2ccccc2c(Sc2nnnn2C)n1. The highest BCUT2D eigenvalue weighted by Crippen LogP contribution is 2.30. The summed E-state index contributed by atoms with van der Waals surface area (Å²) in [7, 11) is 1.82. The normalized spacial score (nSPS) is 11.0. The Morgan fingerprint density at radius 2 is 2.06 bits per heavy atom. The van der Waals surface area contributed by atoms with E-state index in [1.54, 1.807) is 4.68 Å². The average Bonchev–Trinajstić information content (AvgIpc) is 2.75. The van der Waals surface area contributed by atoms with E-state index in [1.807, 2.05) is 26.1 Å². The molecule has 3 aromatic rings. The first-order valence-corrected chi connectivity index (χ1v) is 6.32. The highest BCUT2D eigenvalue weighted by Gasteiger charge is 2.10. The lowest BCUT2D eigenvalue weighted by Crippen LogP contribution is -1.94. The number of aryl methyl sites for hydroxylation is 2. The van der Waals surface area contributed by atoms with Gasteiger partial charge in [-0.05, 0) is 40.6 Å². The Bertz CT molecular complexity index is 707. The molecule has 0 aliphatic rings. The number of benzene rings is 1. The summed E-state index contributed by atoms with van der Waals surface area (Å²) in [5.41, 5.74) is 0.992. The van der Waals surface area contributed by atoms with Crippen molar-refractivity contribution in [3.05, 3.63) is 36.0 Å². The summed E-state index contributed by atoms with van der Waals surface area (Å²) < 4.78 is 1.64. The van der Waals surface area contributed by atoms with E-state index in [0.717, 1.165) is 21.3 Å².